The highest BCUT2D eigenvalue weighted by molar-refractivity contribution is 5.40. The summed E-state index contributed by atoms with van der Waals surface area (Å²) in [5, 5.41) is 17.3. The third-order valence-corrected chi connectivity index (χ3v) is 6.82. The van der Waals surface area contributed by atoms with E-state index in [1.165, 1.54) is 29.5 Å². The Balaban J connectivity index is 0.000000645. The SMILES string of the molecule is O=CO.OC[C@]1(Cc2ccccc2)C[C@@H]2CC[C@H]1N2Cc1ccc2c(c1)CCO2. The van der Waals surface area contributed by atoms with Crippen molar-refractivity contribution in [2.75, 3.05) is 13.2 Å². The summed E-state index contributed by atoms with van der Waals surface area (Å²) in [6.07, 6.45) is 5.63. The van der Waals surface area contributed by atoms with Crippen LogP contribution < -0.4 is 4.74 Å². The second-order valence-corrected chi connectivity index (χ2v) is 8.45. The molecule has 3 atom stereocenters. The smallest absolute Gasteiger partial charge is 0.290 e. The number of hydrogen-bond donors (Lipinski definition) is 2. The molecule has 0 unspecified atom stereocenters. The van der Waals surface area contributed by atoms with Gasteiger partial charge >= 0.3 is 0 Å². The fourth-order valence-electron chi connectivity index (χ4n) is 5.63. The molecule has 5 heteroatoms. The van der Waals surface area contributed by atoms with Gasteiger partial charge in [-0.1, -0.05) is 42.5 Å². The molecule has 0 saturated carbocycles. The molecule has 3 aliphatic rings. The largest absolute Gasteiger partial charge is 0.493 e. The molecular weight excluding hydrogens is 366 g/mol. The molecule has 154 valence electrons. The Morgan fingerprint density at radius 3 is 2.69 bits per heavy atom. The van der Waals surface area contributed by atoms with E-state index in [9.17, 15) is 5.11 Å². The Morgan fingerprint density at radius 2 is 1.93 bits per heavy atom. The highest BCUT2D eigenvalue weighted by Gasteiger charge is 2.55. The van der Waals surface area contributed by atoms with Crippen LogP contribution in [0.3, 0.4) is 0 Å². The van der Waals surface area contributed by atoms with E-state index in [1.807, 2.05) is 0 Å². The van der Waals surface area contributed by atoms with Crippen molar-refractivity contribution in [3.05, 3.63) is 65.2 Å². The van der Waals surface area contributed by atoms with Crippen LogP contribution >= 0.6 is 0 Å². The van der Waals surface area contributed by atoms with Crippen LogP contribution in [0.15, 0.2) is 48.5 Å². The van der Waals surface area contributed by atoms with Gasteiger partial charge in [-0.05, 0) is 48.4 Å². The third kappa shape index (κ3) is 3.89. The summed E-state index contributed by atoms with van der Waals surface area (Å²) in [5.41, 5.74) is 4.11. The first kappa shape index (κ1) is 19.9. The summed E-state index contributed by atoms with van der Waals surface area (Å²) >= 11 is 0. The maximum Gasteiger partial charge on any atom is 0.290 e. The molecule has 0 amide bonds. The number of rotatable bonds is 5. The molecular formula is C24H29NO4. The lowest BCUT2D eigenvalue weighted by molar-refractivity contribution is -0.122. The van der Waals surface area contributed by atoms with Crippen LogP contribution in [-0.2, 0) is 24.2 Å². The molecule has 3 heterocycles. The van der Waals surface area contributed by atoms with Crippen LogP contribution in [0.5, 0.6) is 5.75 Å². The van der Waals surface area contributed by atoms with Gasteiger partial charge in [-0.3, -0.25) is 9.69 Å². The van der Waals surface area contributed by atoms with Gasteiger partial charge in [0.15, 0.2) is 0 Å². The van der Waals surface area contributed by atoms with Crippen molar-refractivity contribution < 1.29 is 19.7 Å². The summed E-state index contributed by atoms with van der Waals surface area (Å²) in [4.78, 5) is 11.0. The number of aliphatic hydroxyl groups is 1. The summed E-state index contributed by atoms with van der Waals surface area (Å²) in [5.74, 6) is 1.06. The third-order valence-electron chi connectivity index (χ3n) is 6.82. The first-order chi connectivity index (χ1) is 14.2. The number of nitrogens with zero attached hydrogens (tertiary/aromatic N) is 1. The minimum Gasteiger partial charge on any atom is -0.493 e. The van der Waals surface area contributed by atoms with E-state index >= 15 is 0 Å². The molecule has 2 saturated heterocycles. The van der Waals surface area contributed by atoms with E-state index in [1.54, 1.807) is 0 Å². The normalized spacial score (nSPS) is 27.1. The minimum atomic E-state index is -0.250. The first-order valence-corrected chi connectivity index (χ1v) is 10.4. The Bertz CT molecular complexity index is 840. The van der Waals surface area contributed by atoms with Crippen molar-refractivity contribution in [2.45, 2.75) is 50.7 Å². The van der Waals surface area contributed by atoms with Gasteiger partial charge in [0.1, 0.15) is 5.75 Å². The van der Waals surface area contributed by atoms with Crippen molar-refractivity contribution in [1.29, 1.82) is 0 Å². The molecule has 0 radical (unpaired) electrons. The molecule has 5 nitrogen and oxygen atoms in total. The van der Waals surface area contributed by atoms with Crippen molar-refractivity contribution in [3.8, 4) is 5.75 Å². The van der Waals surface area contributed by atoms with Crippen LogP contribution in [-0.4, -0.2) is 46.9 Å². The van der Waals surface area contributed by atoms with Crippen LogP contribution in [0.4, 0.5) is 0 Å². The summed E-state index contributed by atoms with van der Waals surface area (Å²) in [6.45, 7) is 1.86. The van der Waals surface area contributed by atoms with Gasteiger partial charge in [0.05, 0.1) is 13.2 Å². The number of carbonyl (C=O) groups is 1. The van der Waals surface area contributed by atoms with Crippen molar-refractivity contribution >= 4 is 6.47 Å². The molecule has 29 heavy (non-hydrogen) atoms. The number of hydrogen-bond acceptors (Lipinski definition) is 4. The quantitative estimate of drug-likeness (QED) is 0.761. The van der Waals surface area contributed by atoms with Crippen LogP contribution in [0.2, 0.25) is 0 Å². The van der Waals surface area contributed by atoms with Gasteiger partial charge < -0.3 is 14.9 Å². The number of fused-ring (bicyclic) bond motifs is 3. The molecule has 2 aromatic carbocycles. The number of benzene rings is 2. The van der Waals surface area contributed by atoms with E-state index in [4.69, 9.17) is 14.6 Å². The zero-order chi connectivity index (χ0) is 20.3. The average Bonchev–Trinajstić information content (AvgIpc) is 3.43. The average molecular weight is 395 g/mol. The molecule has 5 rings (SSSR count). The standard InChI is InChI=1S/C23H27NO2.CH2O2/c25-16-23(13-17-4-2-1-3-5-17)14-20-7-9-22(23)24(20)15-18-6-8-21-19(12-18)10-11-26-21;2-1-3/h1-6,8,12,20,22,25H,7,9-11,13-16H2;1H,(H,2,3)/t20-,22+,23-;/m0./s1. The maximum atomic E-state index is 10.4. The predicted molar refractivity (Wildman–Crippen MR) is 111 cm³/mol. The van der Waals surface area contributed by atoms with Crippen molar-refractivity contribution in [2.24, 2.45) is 5.41 Å². The van der Waals surface area contributed by atoms with Crippen molar-refractivity contribution in [3.63, 3.8) is 0 Å². The van der Waals surface area contributed by atoms with Gasteiger partial charge in [0.2, 0.25) is 0 Å². The lowest BCUT2D eigenvalue weighted by Crippen LogP contribution is -2.41. The Hall–Kier alpha value is -2.37. The van der Waals surface area contributed by atoms with E-state index in [0.29, 0.717) is 12.1 Å². The van der Waals surface area contributed by atoms with Crippen molar-refractivity contribution in [1.82, 2.24) is 4.90 Å². The van der Waals surface area contributed by atoms with Gasteiger partial charge in [-0.25, -0.2) is 0 Å². The zero-order valence-electron chi connectivity index (χ0n) is 16.7. The molecule has 3 aliphatic heterocycles. The molecule has 0 aromatic heterocycles. The van der Waals surface area contributed by atoms with Gasteiger partial charge in [-0.15, -0.1) is 0 Å². The fourth-order valence-corrected chi connectivity index (χ4v) is 5.63. The van der Waals surface area contributed by atoms with E-state index in [2.05, 4.69) is 53.4 Å². The Kier molecular flexibility index (Phi) is 5.88. The lowest BCUT2D eigenvalue weighted by atomic mass is 9.70. The predicted octanol–water partition coefficient (Wildman–Crippen LogP) is 3.28. The first-order valence-electron chi connectivity index (χ1n) is 10.4. The summed E-state index contributed by atoms with van der Waals surface area (Å²) in [6, 6.07) is 18.5. The molecule has 2 N–H and O–H groups in total. The lowest BCUT2D eigenvalue weighted by Gasteiger charge is -2.36. The molecule has 2 fully saturated rings. The number of ether oxygens (including phenoxy) is 1. The van der Waals surface area contributed by atoms with Gasteiger partial charge in [-0.2, -0.15) is 0 Å². The second kappa shape index (κ2) is 8.56. The van der Waals surface area contributed by atoms with Gasteiger partial charge in [0.25, 0.3) is 6.47 Å². The Labute approximate surface area is 171 Å². The summed E-state index contributed by atoms with van der Waals surface area (Å²) < 4.78 is 5.65. The minimum absolute atomic E-state index is 0.0180. The fraction of sp³-hybridized carbons (Fsp3) is 0.458. The van der Waals surface area contributed by atoms with E-state index in [0.717, 1.165) is 38.2 Å². The molecule has 2 aromatic rings. The monoisotopic (exact) mass is 395 g/mol. The molecule has 0 aliphatic carbocycles. The van der Waals surface area contributed by atoms with Crippen LogP contribution in [0, 0.1) is 5.41 Å². The zero-order valence-corrected chi connectivity index (χ0v) is 16.7. The van der Waals surface area contributed by atoms with Crippen LogP contribution in [0.1, 0.15) is 36.0 Å². The second-order valence-electron chi connectivity index (χ2n) is 8.45. The highest BCUT2D eigenvalue weighted by Crippen LogP contribution is 2.51. The van der Waals surface area contributed by atoms with Gasteiger partial charge in [0, 0.05) is 30.5 Å². The molecule has 2 bridgehead atoms. The number of carboxylic acid groups (broad SMARTS) is 1. The van der Waals surface area contributed by atoms with E-state index in [-0.39, 0.29) is 18.5 Å². The summed E-state index contributed by atoms with van der Waals surface area (Å²) in [7, 11) is 0. The maximum absolute atomic E-state index is 10.4. The topological polar surface area (TPSA) is 70.0 Å². The Morgan fingerprint density at radius 1 is 1.14 bits per heavy atom. The number of aliphatic hydroxyl groups excluding tert-OH is 1. The van der Waals surface area contributed by atoms with Crippen LogP contribution in [0.25, 0.3) is 0 Å². The highest BCUT2D eigenvalue weighted by atomic mass is 16.5. The molecule has 0 spiro atoms. The van der Waals surface area contributed by atoms with E-state index < -0.39 is 0 Å².